The van der Waals surface area contributed by atoms with E-state index in [9.17, 15) is 13.2 Å². The SMILES string of the molecule is CC(=O)Nc1ccc(S(=O)(=O)Oc2cccc(C(C)C)c2)cc1. The van der Waals surface area contributed by atoms with Crippen LogP contribution in [0.1, 0.15) is 32.3 Å². The standard InChI is InChI=1S/C17H19NO4S/c1-12(2)14-5-4-6-16(11-14)22-23(20,21)17-9-7-15(8-10-17)18-13(3)19/h4-12H,1-3H3,(H,18,19). The molecule has 0 aliphatic heterocycles. The summed E-state index contributed by atoms with van der Waals surface area (Å²) in [6.45, 7) is 5.43. The van der Waals surface area contributed by atoms with E-state index in [1.165, 1.54) is 31.2 Å². The van der Waals surface area contributed by atoms with E-state index in [1.54, 1.807) is 18.2 Å². The first kappa shape index (κ1) is 17.0. The first-order valence-electron chi connectivity index (χ1n) is 7.20. The van der Waals surface area contributed by atoms with Crippen molar-refractivity contribution in [3.05, 3.63) is 54.1 Å². The number of nitrogens with one attached hydrogen (secondary N) is 1. The maximum atomic E-state index is 12.3. The number of anilines is 1. The number of benzene rings is 2. The van der Waals surface area contributed by atoms with Crippen LogP contribution in [0, 0.1) is 0 Å². The lowest BCUT2D eigenvalue weighted by Crippen LogP contribution is -2.10. The smallest absolute Gasteiger partial charge is 0.339 e. The molecule has 0 aromatic heterocycles. The highest BCUT2D eigenvalue weighted by Crippen LogP contribution is 2.24. The van der Waals surface area contributed by atoms with E-state index in [-0.39, 0.29) is 22.5 Å². The zero-order valence-electron chi connectivity index (χ0n) is 13.2. The Hall–Kier alpha value is -2.34. The van der Waals surface area contributed by atoms with E-state index in [0.717, 1.165) is 5.56 Å². The molecule has 6 heteroatoms. The van der Waals surface area contributed by atoms with Gasteiger partial charge in [-0.1, -0.05) is 26.0 Å². The average Bonchev–Trinajstić information content (AvgIpc) is 2.47. The Bertz CT molecular complexity index is 796. The summed E-state index contributed by atoms with van der Waals surface area (Å²) >= 11 is 0. The Labute approximate surface area is 136 Å². The summed E-state index contributed by atoms with van der Waals surface area (Å²) in [6.07, 6.45) is 0. The third-order valence-corrected chi connectivity index (χ3v) is 4.46. The molecular formula is C17H19NO4S. The third kappa shape index (κ3) is 4.56. The van der Waals surface area contributed by atoms with Crippen molar-refractivity contribution in [1.29, 1.82) is 0 Å². The second-order valence-corrected chi connectivity index (χ2v) is 7.02. The normalized spacial score (nSPS) is 11.3. The Kier molecular flexibility index (Phi) is 5.05. The molecule has 2 rings (SSSR count). The minimum atomic E-state index is -3.91. The van der Waals surface area contributed by atoms with Gasteiger partial charge in [-0.25, -0.2) is 0 Å². The van der Waals surface area contributed by atoms with Crippen LogP contribution in [0.15, 0.2) is 53.4 Å². The first-order chi connectivity index (χ1) is 10.8. The summed E-state index contributed by atoms with van der Waals surface area (Å²) in [7, 11) is -3.91. The highest BCUT2D eigenvalue weighted by atomic mass is 32.2. The predicted molar refractivity (Wildman–Crippen MR) is 89.1 cm³/mol. The number of hydrogen-bond donors (Lipinski definition) is 1. The van der Waals surface area contributed by atoms with Gasteiger partial charge in [0.15, 0.2) is 0 Å². The molecule has 0 unspecified atom stereocenters. The van der Waals surface area contributed by atoms with Gasteiger partial charge in [-0.2, -0.15) is 8.42 Å². The van der Waals surface area contributed by atoms with Gasteiger partial charge >= 0.3 is 10.1 Å². The number of amides is 1. The van der Waals surface area contributed by atoms with Crippen LogP contribution in [-0.2, 0) is 14.9 Å². The number of hydrogen-bond acceptors (Lipinski definition) is 4. The van der Waals surface area contributed by atoms with Crippen LogP contribution in [0.5, 0.6) is 5.75 Å². The fraction of sp³-hybridized carbons (Fsp3) is 0.235. The number of rotatable bonds is 5. The third-order valence-electron chi connectivity index (χ3n) is 3.19. The molecule has 5 nitrogen and oxygen atoms in total. The van der Waals surface area contributed by atoms with Crippen LogP contribution in [0.3, 0.4) is 0 Å². The highest BCUT2D eigenvalue weighted by Gasteiger charge is 2.17. The quantitative estimate of drug-likeness (QED) is 0.850. The molecule has 0 fully saturated rings. The molecule has 2 aromatic carbocycles. The van der Waals surface area contributed by atoms with Crippen LogP contribution >= 0.6 is 0 Å². The molecule has 0 heterocycles. The van der Waals surface area contributed by atoms with E-state index in [2.05, 4.69) is 5.32 Å². The topological polar surface area (TPSA) is 72.5 Å². The zero-order valence-corrected chi connectivity index (χ0v) is 14.1. The Morgan fingerprint density at radius 3 is 2.30 bits per heavy atom. The van der Waals surface area contributed by atoms with Crippen molar-refractivity contribution >= 4 is 21.7 Å². The first-order valence-corrected chi connectivity index (χ1v) is 8.61. The van der Waals surface area contributed by atoms with Crippen molar-refractivity contribution in [3.8, 4) is 5.75 Å². The van der Waals surface area contributed by atoms with Crippen molar-refractivity contribution in [2.24, 2.45) is 0 Å². The van der Waals surface area contributed by atoms with Gasteiger partial charge < -0.3 is 9.50 Å². The molecule has 122 valence electrons. The molecular weight excluding hydrogens is 314 g/mol. The van der Waals surface area contributed by atoms with Gasteiger partial charge in [0.2, 0.25) is 5.91 Å². The second-order valence-electron chi connectivity index (χ2n) is 5.47. The van der Waals surface area contributed by atoms with E-state index < -0.39 is 10.1 Å². The van der Waals surface area contributed by atoms with E-state index in [4.69, 9.17) is 4.18 Å². The lowest BCUT2D eigenvalue weighted by atomic mass is 10.0. The van der Waals surface area contributed by atoms with Crippen molar-refractivity contribution in [3.63, 3.8) is 0 Å². The van der Waals surface area contributed by atoms with Crippen molar-refractivity contribution < 1.29 is 17.4 Å². The fourth-order valence-electron chi connectivity index (χ4n) is 2.01. The summed E-state index contributed by atoms with van der Waals surface area (Å²) in [4.78, 5) is 11.0. The molecule has 0 aliphatic rings. The lowest BCUT2D eigenvalue weighted by Gasteiger charge is -2.10. The van der Waals surface area contributed by atoms with Crippen LogP contribution in [0.4, 0.5) is 5.69 Å². The summed E-state index contributed by atoms with van der Waals surface area (Å²) < 4.78 is 29.8. The Morgan fingerprint density at radius 2 is 1.74 bits per heavy atom. The maximum absolute atomic E-state index is 12.3. The molecule has 0 aliphatic carbocycles. The van der Waals surface area contributed by atoms with Crippen molar-refractivity contribution in [2.75, 3.05) is 5.32 Å². The average molecular weight is 333 g/mol. The molecule has 1 N–H and O–H groups in total. The number of carbonyl (C=O) groups is 1. The maximum Gasteiger partial charge on any atom is 0.339 e. The summed E-state index contributed by atoms with van der Waals surface area (Å²) in [5.41, 5.74) is 1.52. The molecule has 0 bridgehead atoms. The Balaban J connectivity index is 2.21. The van der Waals surface area contributed by atoms with Crippen LogP contribution < -0.4 is 9.50 Å². The molecule has 0 radical (unpaired) electrons. The predicted octanol–water partition coefficient (Wildman–Crippen LogP) is 3.54. The van der Waals surface area contributed by atoms with Crippen LogP contribution in [-0.4, -0.2) is 14.3 Å². The van der Waals surface area contributed by atoms with E-state index >= 15 is 0 Å². The van der Waals surface area contributed by atoms with Gasteiger partial charge in [0.25, 0.3) is 0 Å². The van der Waals surface area contributed by atoms with E-state index in [1.807, 2.05) is 19.9 Å². The summed E-state index contributed by atoms with van der Waals surface area (Å²) in [6, 6.07) is 12.8. The minimum Gasteiger partial charge on any atom is -0.379 e. The molecule has 23 heavy (non-hydrogen) atoms. The number of carbonyl (C=O) groups excluding carboxylic acids is 1. The molecule has 0 saturated carbocycles. The van der Waals surface area contributed by atoms with Crippen LogP contribution in [0.25, 0.3) is 0 Å². The summed E-state index contributed by atoms with van der Waals surface area (Å²) in [5.74, 6) is 0.336. The van der Waals surface area contributed by atoms with Gasteiger partial charge in [-0.15, -0.1) is 0 Å². The zero-order chi connectivity index (χ0) is 17.0. The van der Waals surface area contributed by atoms with Gasteiger partial charge in [0, 0.05) is 12.6 Å². The van der Waals surface area contributed by atoms with Crippen molar-refractivity contribution in [2.45, 2.75) is 31.6 Å². The molecule has 1 amide bonds. The van der Waals surface area contributed by atoms with Gasteiger partial charge in [-0.05, 0) is 47.9 Å². The van der Waals surface area contributed by atoms with E-state index in [0.29, 0.717) is 5.69 Å². The largest absolute Gasteiger partial charge is 0.379 e. The molecule has 0 saturated heterocycles. The molecule has 2 aromatic rings. The molecule has 0 spiro atoms. The van der Waals surface area contributed by atoms with Gasteiger partial charge in [0.1, 0.15) is 10.6 Å². The fourth-order valence-corrected chi connectivity index (χ4v) is 2.93. The minimum absolute atomic E-state index is 0.0292. The second kappa shape index (κ2) is 6.83. The molecule has 0 atom stereocenters. The van der Waals surface area contributed by atoms with Crippen LogP contribution in [0.2, 0.25) is 0 Å². The van der Waals surface area contributed by atoms with Gasteiger partial charge in [0.05, 0.1) is 0 Å². The summed E-state index contributed by atoms with van der Waals surface area (Å²) in [5, 5.41) is 2.58. The monoisotopic (exact) mass is 333 g/mol. The highest BCUT2D eigenvalue weighted by molar-refractivity contribution is 7.87. The Morgan fingerprint density at radius 1 is 1.09 bits per heavy atom. The lowest BCUT2D eigenvalue weighted by molar-refractivity contribution is -0.114. The van der Waals surface area contributed by atoms with Crippen molar-refractivity contribution in [1.82, 2.24) is 0 Å². The van der Waals surface area contributed by atoms with Gasteiger partial charge in [-0.3, -0.25) is 4.79 Å².